The van der Waals surface area contributed by atoms with Gasteiger partial charge in [-0.2, -0.15) is 0 Å². The Labute approximate surface area is 120 Å². The van der Waals surface area contributed by atoms with E-state index >= 15 is 0 Å². The summed E-state index contributed by atoms with van der Waals surface area (Å²) in [5.74, 6) is 1.01. The van der Waals surface area contributed by atoms with Crippen molar-refractivity contribution in [3.8, 4) is 0 Å². The summed E-state index contributed by atoms with van der Waals surface area (Å²) < 4.78 is 3.17. The van der Waals surface area contributed by atoms with Crippen LogP contribution in [0, 0.1) is 6.92 Å². The van der Waals surface area contributed by atoms with Gasteiger partial charge in [-0.05, 0) is 46.6 Å². The van der Waals surface area contributed by atoms with Crippen LogP contribution in [0.25, 0.3) is 11.0 Å². The molecule has 0 spiro atoms. The maximum atomic E-state index is 5.93. The Bertz CT molecular complexity index is 746. The van der Waals surface area contributed by atoms with Crippen molar-refractivity contribution < 1.29 is 0 Å². The molecule has 0 bridgehead atoms. The van der Waals surface area contributed by atoms with E-state index in [0.29, 0.717) is 0 Å². The number of aromatic nitrogens is 2. The molecule has 0 aliphatic heterocycles. The molecule has 4 heteroatoms. The van der Waals surface area contributed by atoms with Crippen molar-refractivity contribution in [3.63, 3.8) is 0 Å². The molecule has 2 N–H and O–H groups in total. The van der Waals surface area contributed by atoms with E-state index in [2.05, 4.69) is 37.6 Å². The smallest absolute Gasteiger partial charge is 0.107 e. The number of aryl methyl sites for hydroxylation is 1. The molecule has 2 aromatic carbocycles. The first-order chi connectivity index (χ1) is 9.16. The lowest BCUT2D eigenvalue weighted by Crippen LogP contribution is -2.03. The van der Waals surface area contributed by atoms with E-state index in [4.69, 9.17) is 5.73 Å². The van der Waals surface area contributed by atoms with Gasteiger partial charge in [-0.15, -0.1) is 0 Å². The highest BCUT2D eigenvalue weighted by Crippen LogP contribution is 2.26. The molecule has 0 aliphatic rings. The van der Waals surface area contributed by atoms with Crippen LogP contribution in [-0.4, -0.2) is 9.55 Å². The van der Waals surface area contributed by atoms with E-state index in [1.165, 1.54) is 0 Å². The zero-order chi connectivity index (χ0) is 13.4. The molecule has 1 aromatic heterocycles. The minimum atomic E-state index is 0.762. The number of rotatable bonds is 2. The SMILES string of the molecule is Cc1nc2ccccc2n1Cc1cccc(N)c1Br. The van der Waals surface area contributed by atoms with Crippen molar-refractivity contribution in [2.24, 2.45) is 0 Å². The predicted octanol–water partition coefficient (Wildman–Crippen LogP) is 3.74. The standard InChI is InChI=1S/C15H14BrN3/c1-10-18-13-7-2-3-8-14(13)19(10)9-11-5-4-6-12(17)15(11)16/h2-8H,9,17H2,1H3. The maximum absolute atomic E-state index is 5.93. The van der Waals surface area contributed by atoms with Crippen LogP contribution in [0.1, 0.15) is 11.4 Å². The quantitative estimate of drug-likeness (QED) is 0.732. The minimum Gasteiger partial charge on any atom is -0.398 e. The molecule has 0 aliphatic carbocycles. The van der Waals surface area contributed by atoms with Gasteiger partial charge < -0.3 is 10.3 Å². The number of para-hydroxylation sites is 2. The second-order valence-corrected chi connectivity index (χ2v) is 5.35. The molecule has 3 aromatic rings. The normalized spacial score (nSPS) is 11.1. The molecule has 0 amide bonds. The predicted molar refractivity (Wildman–Crippen MR) is 82.1 cm³/mol. The Morgan fingerprint density at radius 3 is 2.79 bits per heavy atom. The summed E-state index contributed by atoms with van der Waals surface area (Å²) in [6.45, 7) is 2.79. The molecule has 3 rings (SSSR count). The van der Waals surface area contributed by atoms with Gasteiger partial charge in [0.25, 0.3) is 0 Å². The van der Waals surface area contributed by atoms with Crippen LogP contribution >= 0.6 is 15.9 Å². The lowest BCUT2D eigenvalue weighted by molar-refractivity contribution is 0.783. The number of hydrogen-bond acceptors (Lipinski definition) is 2. The lowest BCUT2D eigenvalue weighted by atomic mass is 10.2. The van der Waals surface area contributed by atoms with Crippen molar-refractivity contribution in [2.45, 2.75) is 13.5 Å². The van der Waals surface area contributed by atoms with Gasteiger partial charge in [-0.3, -0.25) is 0 Å². The van der Waals surface area contributed by atoms with Crippen molar-refractivity contribution >= 4 is 32.7 Å². The van der Waals surface area contributed by atoms with Gasteiger partial charge in [0.05, 0.1) is 17.6 Å². The number of nitrogens with two attached hydrogens (primary N) is 1. The van der Waals surface area contributed by atoms with Gasteiger partial charge >= 0.3 is 0 Å². The zero-order valence-electron chi connectivity index (χ0n) is 10.6. The van der Waals surface area contributed by atoms with E-state index in [0.717, 1.165) is 39.1 Å². The van der Waals surface area contributed by atoms with E-state index in [9.17, 15) is 0 Å². The van der Waals surface area contributed by atoms with Crippen molar-refractivity contribution in [1.29, 1.82) is 0 Å². The van der Waals surface area contributed by atoms with Gasteiger partial charge in [-0.1, -0.05) is 24.3 Å². The molecule has 0 unspecified atom stereocenters. The van der Waals surface area contributed by atoms with Gasteiger partial charge in [-0.25, -0.2) is 4.98 Å². The maximum Gasteiger partial charge on any atom is 0.107 e. The van der Waals surface area contributed by atoms with Gasteiger partial charge in [0, 0.05) is 10.2 Å². The van der Waals surface area contributed by atoms with Gasteiger partial charge in [0.1, 0.15) is 5.82 Å². The molecule has 0 atom stereocenters. The number of hydrogen-bond donors (Lipinski definition) is 1. The molecule has 1 heterocycles. The molecule has 0 radical (unpaired) electrons. The summed E-state index contributed by atoms with van der Waals surface area (Å²) >= 11 is 3.56. The van der Waals surface area contributed by atoms with E-state index in [-0.39, 0.29) is 0 Å². The van der Waals surface area contributed by atoms with Crippen LogP contribution in [0.2, 0.25) is 0 Å². The molecule has 0 fully saturated rings. The first-order valence-corrected chi connectivity index (χ1v) is 6.91. The van der Waals surface area contributed by atoms with E-state index in [1.54, 1.807) is 0 Å². The summed E-state index contributed by atoms with van der Waals surface area (Å²) in [6, 6.07) is 14.1. The number of benzene rings is 2. The molecule has 0 saturated carbocycles. The Morgan fingerprint density at radius 1 is 1.16 bits per heavy atom. The highest BCUT2D eigenvalue weighted by atomic mass is 79.9. The fraction of sp³-hybridized carbons (Fsp3) is 0.133. The highest BCUT2D eigenvalue weighted by molar-refractivity contribution is 9.10. The molecule has 19 heavy (non-hydrogen) atoms. The van der Waals surface area contributed by atoms with Crippen LogP contribution in [0.4, 0.5) is 5.69 Å². The largest absolute Gasteiger partial charge is 0.398 e. The third-order valence-electron chi connectivity index (χ3n) is 3.28. The Balaban J connectivity index is 2.11. The highest BCUT2D eigenvalue weighted by Gasteiger charge is 2.09. The average Bonchev–Trinajstić information content (AvgIpc) is 2.72. The summed E-state index contributed by atoms with van der Waals surface area (Å²) in [4.78, 5) is 4.58. The van der Waals surface area contributed by atoms with Crippen LogP contribution in [0.15, 0.2) is 46.9 Å². The molecule has 3 nitrogen and oxygen atoms in total. The fourth-order valence-electron chi connectivity index (χ4n) is 2.29. The van der Waals surface area contributed by atoms with Crippen LogP contribution < -0.4 is 5.73 Å². The fourth-order valence-corrected chi connectivity index (χ4v) is 2.68. The summed E-state index contributed by atoms with van der Waals surface area (Å²) in [7, 11) is 0. The Morgan fingerprint density at radius 2 is 1.95 bits per heavy atom. The number of imidazole rings is 1. The Kier molecular flexibility index (Phi) is 3.03. The lowest BCUT2D eigenvalue weighted by Gasteiger charge is -2.10. The number of halogens is 1. The summed E-state index contributed by atoms with van der Waals surface area (Å²) in [6.07, 6.45) is 0. The number of anilines is 1. The topological polar surface area (TPSA) is 43.8 Å². The first-order valence-electron chi connectivity index (χ1n) is 6.11. The molecule has 96 valence electrons. The van der Waals surface area contributed by atoms with Crippen molar-refractivity contribution in [3.05, 3.63) is 58.3 Å². The minimum absolute atomic E-state index is 0.762. The van der Waals surface area contributed by atoms with Crippen LogP contribution in [0.5, 0.6) is 0 Å². The number of nitrogens with zero attached hydrogens (tertiary/aromatic N) is 2. The monoisotopic (exact) mass is 315 g/mol. The third-order valence-corrected chi connectivity index (χ3v) is 4.25. The number of fused-ring (bicyclic) bond motifs is 1. The van der Waals surface area contributed by atoms with Crippen molar-refractivity contribution in [2.75, 3.05) is 5.73 Å². The van der Waals surface area contributed by atoms with Crippen LogP contribution in [-0.2, 0) is 6.54 Å². The summed E-state index contributed by atoms with van der Waals surface area (Å²) in [5.41, 5.74) is 10.0. The second-order valence-electron chi connectivity index (χ2n) is 4.55. The Hall–Kier alpha value is -1.81. The number of nitrogen functional groups attached to an aromatic ring is 1. The van der Waals surface area contributed by atoms with Gasteiger partial charge in [0.15, 0.2) is 0 Å². The average molecular weight is 316 g/mol. The van der Waals surface area contributed by atoms with Crippen LogP contribution in [0.3, 0.4) is 0 Å². The second kappa shape index (κ2) is 4.70. The third kappa shape index (κ3) is 2.12. The van der Waals surface area contributed by atoms with Gasteiger partial charge in [0.2, 0.25) is 0 Å². The van der Waals surface area contributed by atoms with Crippen molar-refractivity contribution in [1.82, 2.24) is 9.55 Å². The first kappa shape index (κ1) is 12.2. The molecular formula is C15H14BrN3. The summed E-state index contributed by atoms with van der Waals surface area (Å²) in [5, 5.41) is 0. The van der Waals surface area contributed by atoms with E-state index < -0.39 is 0 Å². The molecular weight excluding hydrogens is 302 g/mol. The zero-order valence-corrected chi connectivity index (χ0v) is 12.2. The molecule has 0 saturated heterocycles. The van der Waals surface area contributed by atoms with E-state index in [1.807, 2.05) is 37.3 Å².